The molecule has 0 aliphatic heterocycles. The number of methoxy groups -OCH3 is 1. The van der Waals surface area contributed by atoms with Crippen LogP contribution in [0.4, 0.5) is 0 Å². The second-order valence-corrected chi connectivity index (χ2v) is 0.986. The summed E-state index contributed by atoms with van der Waals surface area (Å²) >= 11 is 0. The minimum absolute atomic E-state index is 0.508. The lowest BCUT2D eigenvalue weighted by atomic mass is 10.6. The van der Waals surface area contributed by atoms with Crippen LogP contribution in [0.15, 0.2) is 12.3 Å². The number of hydrogen-bond donors (Lipinski definition) is 2. The minimum atomic E-state index is -0.508. The van der Waals surface area contributed by atoms with Gasteiger partial charge in [-0.2, -0.15) is 0 Å². The topological polar surface area (TPSA) is 58.6 Å². The third-order valence-corrected chi connectivity index (χ3v) is 0.495. The predicted molar refractivity (Wildman–Crippen MR) is 26.1 cm³/mol. The largest absolute Gasteiger partial charge is 0.466 e. The van der Waals surface area contributed by atoms with Gasteiger partial charge < -0.3 is 4.74 Å². The Labute approximate surface area is 46.7 Å². The van der Waals surface area contributed by atoms with Crippen LogP contribution >= 0.6 is 0 Å². The predicted octanol–water partition coefficient (Wildman–Crippen LogP) is -0.348. The van der Waals surface area contributed by atoms with Gasteiger partial charge in [0.15, 0.2) is 0 Å². The lowest BCUT2D eigenvalue weighted by Crippen LogP contribution is -1.99. The highest BCUT2D eigenvalue weighted by Crippen LogP contribution is 1.72. The van der Waals surface area contributed by atoms with E-state index < -0.39 is 5.97 Å². The molecule has 0 amide bonds. The smallest absolute Gasteiger partial charge is 0.332 e. The van der Waals surface area contributed by atoms with E-state index in [2.05, 4.69) is 4.74 Å². The summed E-state index contributed by atoms with van der Waals surface area (Å²) in [5.74, 6) is -0.508. The molecule has 0 heterocycles. The summed E-state index contributed by atoms with van der Waals surface area (Å²) in [6.07, 6.45) is 2.12. The number of ether oxygens (including phenoxy) is 1. The number of carbonyl (C=O) groups is 1. The summed E-state index contributed by atoms with van der Waals surface area (Å²) in [7, 11) is 1.25. The van der Waals surface area contributed by atoms with E-state index >= 15 is 0 Å². The van der Waals surface area contributed by atoms with Crippen molar-refractivity contribution >= 4 is 5.97 Å². The molecule has 0 rings (SSSR count). The quantitative estimate of drug-likeness (QED) is 0.295. The second kappa shape index (κ2) is 4.14. The molecule has 0 fully saturated rings. The van der Waals surface area contributed by atoms with Crippen molar-refractivity contribution in [2.75, 3.05) is 7.11 Å². The zero-order valence-corrected chi connectivity index (χ0v) is 4.42. The van der Waals surface area contributed by atoms with Gasteiger partial charge in [-0.15, -0.1) is 0 Å². The van der Waals surface area contributed by atoms with E-state index in [1.165, 1.54) is 7.11 Å². The first kappa shape index (κ1) is 6.97. The Hall–Kier alpha value is -1.03. The Morgan fingerprint density at radius 3 is 2.88 bits per heavy atom. The van der Waals surface area contributed by atoms with Crippen molar-refractivity contribution in [3.05, 3.63) is 12.3 Å². The molecule has 0 saturated heterocycles. The SMILES string of the molecule is COC(=O)/C=C/NO. The van der Waals surface area contributed by atoms with Gasteiger partial charge in [0.2, 0.25) is 0 Å². The molecule has 0 aromatic heterocycles. The van der Waals surface area contributed by atoms with Gasteiger partial charge in [-0.3, -0.25) is 10.7 Å². The molecule has 0 aromatic rings. The molecule has 0 aliphatic rings. The number of esters is 1. The fourth-order valence-electron chi connectivity index (χ4n) is 0.173. The summed E-state index contributed by atoms with van der Waals surface area (Å²) in [4.78, 5) is 10.1. The van der Waals surface area contributed by atoms with Gasteiger partial charge in [-0.25, -0.2) is 4.79 Å². The molecule has 46 valence electrons. The lowest BCUT2D eigenvalue weighted by molar-refractivity contribution is -0.134. The molecule has 4 heteroatoms. The molecule has 0 unspecified atom stereocenters. The highest BCUT2D eigenvalue weighted by atomic mass is 16.5. The lowest BCUT2D eigenvalue weighted by Gasteiger charge is -1.86. The van der Waals surface area contributed by atoms with Crippen molar-refractivity contribution in [2.45, 2.75) is 0 Å². The highest BCUT2D eigenvalue weighted by molar-refractivity contribution is 5.81. The van der Waals surface area contributed by atoms with E-state index in [0.29, 0.717) is 0 Å². The second-order valence-electron chi connectivity index (χ2n) is 0.986. The Morgan fingerprint density at radius 1 is 1.88 bits per heavy atom. The van der Waals surface area contributed by atoms with Crippen molar-refractivity contribution in [3.63, 3.8) is 0 Å². The van der Waals surface area contributed by atoms with E-state index in [1.807, 2.05) is 0 Å². The summed E-state index contributed by atoms with van der Waals surface area (Å²) in [6, 6.07) is 0. The molecule has 2 N–H and O–H groups in total. The first-order chi connectivity index (χ1) is 3.81. The van der Waals surface area contributed by atoms with E-state index in [4.69, 9.17) is 5.21 Å². The van der Waals surface area contributed by atoms with Crippen LogP contribution in [0.1, 0.15) is 0 Å². The number of nitrogens with one attached hydrogen (secondary N) is 1. The van der Waals surface area contributed by atoms with E-state index in [0.717, 1.165) is 12.3 Å². The number of rotatable bonds is 2. The number of carbonyl (C=O) groups excluding carboxylic acids is 1. The monoisotopic (exact) mass is 117 g/mol. The number of hydroxylamine groups is 1. The summed E-state index contributed by atoms with van der Waals surface area (Å²) in [5.41, 5.74) is 1.65. The zero-order chi connectivity index (χ0) is 6.41. The molecule has 0 spiro atoms. The van der Waals surface area contributed by atoms with Crippen molar-refractivity contribution in [2.24, 2.45) is 0 Å². The van der Waals surface area contributed by atoms with Crippen LogP contribution in [-0.4, -0.2) is 18.3 Å². The third-order valence-electron chi connectivity index (χ3n) is 0.495. The number of hydrogen-bond acceptors (Lipinski definition) is 4. The van der Waals surface area contributed by atoms with Gasteiger partial charge in [-0.05, 0) is 0 Å². The fourth-order valence-corrected chi connectivity index (χ4v) is 0.173. The van der Waals surface area contributed by atoms with Crippen LogP contribution in [0.25, 0.3) is 0 Å². The molecule has 0 aromatic carbocycles. The van der Waals surface area contributed by atoms with E-state index in [1.54, 1.807) is 5.48 Å². The Bertz CT molecular complexity index is 99.5. The maximum Gasteiger partial charge on any atom is 0.332 e. The normalized spacial score (nSPS) is 9.25. The van der Waals surface area contributed by atoms with Gasteiger partial charge in [0.25, 0.3) is 0 Å². The molecule has 0 radical (unpaired) electrons. The molecule has 0 aliphatic carbocycles. The van der Waals surface area contributed by atoms with Crippen molar-refractivity contribution < 1.29 is 14.7 Å². The van der Waals surface area contributed by atoms with Gasteiger partial charge in [0.1, 0.15) is 0 Å². The maximum atomic E-state index is 10.1. The molecular formula is C4H7NO3. The van der Waals surface area contributed by atoms with Gasteiger partial charge >= 0.3 is 5.97 Å². The third kappa shape index (κ3) is 3.17. The van der Waals surface area contributed by atoms with Crippen LogP contribution in [0, 0.1) is 0 Å². The van der Waals surface area contributed by atoms with Crippen molar-refractivity contribution in [1.82, 2.24) is 5.48 Å². The van der Waals surface area contributed by atoms with Crippen LogP contribution in [-0.2, 0) is 9.53 Å². The summed E-state index contributed by atoms with van der Waals surface area (Å²) in [5, 5.41) is 7.87. The molecule has 8 heavy (non-hydrogen) atoms. The van der Waals surface area contributed by atoms with Gasteiger partial charge in [0, 0.05) is 12.3 Å². The Balaban J connectivity index is 3.37. The van der Waals surface area contributed by atoms with Crippen LogP contribution < -0.4 is 5.48 Å². The standard InChI is InChI=1S/C4H7NO3/c1-8-4(6)2-3-5-7/h2-3,5,7H,1H3/b3-2+. The van der Waals surface area contributed by atoms with Crippen LogP contribution in [0.5, 0.6) is 0 Å². The minimum Gasteiger partial charge on any atom is -0.466 e. The highest BCUT2D eigenvalue weighted by Gasteiger charge is 1.86. The molecule has 0 bridgehead atoms. The van der Waals surface area contributed by atoms with E-state index in [9.17, 15) is 4.79 Å². The average Bonchev–Trinajstić information content (AvgIpc) is 1.83. The maximum absolute atomic E-state index is 10.1. The first-order valence-electron chi connectivity index (χ1n) is 1.95. The molecule has 0 saturated carbocycles. The van der Waals surface area contributed by atoms with E-state index in [-0.39, 0.29) is 0 Å². The van der Waals surface area contributed by atoms with Crippen molar-refractivity contribution in [1.29, 1.82) is 0 Å². The molecular weight excluding hydrogens is 110 g/mol. The van der Waals surface area contributed by atoms with Crippen molar-refractivity contribution in [3.8, 4) is 0 Å². The molecule has 4 nitrogen and oxygen atoms in total. The molecule has 0 atom stereocenters. The summed E-state index contributed by atoms with van der Waals surface area (Å²) in [6.45, 7) is 0. The first-order valence-corrected chi connectivity index (χ1v) is 1.95. The Morgan fingerprint density at radius 2 is 2.50 bits per heavy atom. The van der Waals surface area contributed by atoms with Crippen LogP contribution in [0.3, 0.4) is 0 Å². The van der Waals surface area contributed by atoms with Gasteiger partial charge in [0.05, 0.1) is 7.11 Å². The Kier molecular flexibility index (Phi) is 3.60. The summed E-state index contributed by atoms with van der Waals surface area (Å²) < 4.78 is 4.18. The fraction of sp³-hybridized carbons (Fsp3) is 0.250. The average molecular weight is 117 g/mol. The zero-order valence-electron chi connectivity index (χ0n) is 4.42. The van der Waals surface area contributed by atoms with Gasteiger partial charge in [-0.1, -0.05) is 0 Å². The van der Waals surface area contributed by atoms with Crippen LogP contribution in [0.2, 0.25) is 0 Å².